The van der Waals surface area contributed by atoms with Crippen molar-refractivity contribution in [2.75, 3.05) is 13.7 Å². The molecule has 6 nitrogen and oxygen atoms in total. The van der Waals surface area contributed by atoms with Crippen molar-refractivity contribution >= 4 is 29.9 Å². The number of nitrogens with zero attached hydrogens (tertiary/aromatic N) is 2. The van der Waals surface area contributed by atoms with Gasteiger partial charge in [0, 0.05) is 31.3 Å². The second-order valence-corrected chi connectivity index (χ2v) is 5.82. The summed E-state index contributed by atoms with van der Waals surface area (Å²) < 4.78 is 5.93. The molecule has 132 valence electrons. The van der Waals surface area contributed by atoms with E-state index < -0.39 is 0 Å². The van der Waals surface area contributed by atoms with Gasteiger partial charge in [-0.25, -0.2) is 0 Å². The Morgan fingerprint density at radius 3 is 2.70 bits per heavy atom. The molecule has 1 fully saturated rings. The number of H-pyrrole nitrogens is 1. The van der Waals surface area contributed by atoms with Crippen LogP contribution in [0.15, 0.2) is 17.3 Å². The molecular formula is C16H30IN5O. The highest BCUT2D eigenvalue weighted by Gasteiger charge is 2.53. The van der Waals surface area contributed by atoms with Crippen LogP contribution >= 0.6 is 24.0 Å². The van der Waals surface area contributed by atoms with E-state index in [9.17, 15) is 0 Å². The van der Waals surface area contributed by atoms with Crippen LogP contribution in [0.4, 0.5) is 0 Å². The molecule has 0 saturated heterocycles. The average molecular weight is 435 g/mol. The molecule has 1 aromatic rings. The first-order valence-electron chi connectivity index (χ1n) is 8.27. The van der Waals surface area contributed by atoms with Gasteiger partial charge in [0.25, 0.3) is 0 Å². The first-order valence-corrected chi connectivity index (χ1v) is 8.27. The van der Waals surface area contributed by atoms with Gasteiger partial charge in [-0.2, -0.15) is 5.10 Å². The van der Waals surface area contributed by atoms with Crippen molar-refractivity contribution in [3.05, 3.63) is 18.0 Å². The molecule has 3 N–H and O–H groups in total. The Labute approximate surface area is 156 Å². The molecule has 0 aromatic carbocycles. The smallest absolute Gasteiger partial charge is 0.191 e. The Bertz CT molecular complexity index is 473. The normalized spacial score (nSPS) is 22.9. The van der Waals surface area contributed by atoms with Gasteiger partial charge in [0.1, 0.15) is 0 Å². The molecule has 1 aliphatic carbocycles. The van der Waals surface area contributed by atoms with Gasteiger partial charge in [0.15, 0.2) is 5.96 Å². The predicted octanol–water partition coefficient (Wildman–Crippen LogP) is 2.68. The molecule has 0 bridgehead atoms. The number of guanidine groups is 1. The maximum atomic E-state index is 5.93. The zero-order valence-electron chi connectivity index (χ0n) is 14.6. The summed E-state index contributed by atoms with van der Waals surface area (Å²) in [6.45, 7) is 8.05. The third-order valence-corrected chi connectivity index (χ3v) is 5.01. The summed E-state index contributed by atoms with van der Waals surface area (Å²) in [5, 5.41) is 13.8. The van der Waals surface area contributed by atoms with E-state index in [2.05, 4.69) is 46.6 Å². The lowest BCUT2D eigenvalue weighted by molar-refractivity contribution is -0.133. The van der Waals surface area contributed by atoms with Gasteiger partial charge < -0.3 is 15.4 Å². The molecule has 0 spiro atoms. The first kappa shape index (κ1) is 20.2. The molecule has 0 radical (unpaired) electrons. The number of aromatic amines is 1. The summed E-state index contributed by atoms with van der Waals surface area (Å²) in [6, 6.07) is 2.36. The molecule has 2 unspecified atom stereocenters. The van der Waals surface area contributed by atoms with Crippen LogP contribution in [-0.4, -0.2) is 42.0 Å². The summed E-state index contributed by atoms with van der Waals surface area (Å²) in [5.41, 5.74) is 1.25. The summed E-state index contributed by atoms with van der Waals surface area (Å²) in [5.74, 6) is 0.834. The van der Waals surface area contributed by atoms with Gasteiger partial charge in [-0.15, -0.1) is 24.0 Å². The minimum Gasteiger partial charge on any atom is -0.378 e. The maximum absolute atomic E-state index is 5.93. The third-order valence-electron chi connectivity index (χ3n) is 5.01. The molecule has 1 heterocycles. The Morgan fingerprint density at radius 1 is 1.43 bits per heavy atom. The van der Waals surface area contributed by atoms with E-state index >= 15 is 0 Å². The fourth-order valence-electron chi connectivity index (χ4n) is 3.51. The number of halogens is 1. The van der Waals surface area contributed by atoms with Gasteiger partial charge in [0.05, 0.1) is 18.3 Å². The van der Waals surface area contributed by atoms with Crippen LogP contribution in [0.5, 0.6) is 0 Å². The lowest BCUT2D eigenvalue weighted by Crippen LogP contribution is -2.65. The highest BCUT2D eigenvalue weighted by molar-refractivity contribution is 14.0. The Morgan fingerprint density at radius 2 is 2.17 bits per heavy atom. The highest BCUT2D eigenvalue weighted by atomic mass is 127. The second kappa shape index (κ2) is 9.46. The SMILES string of the molecule is CCOC1CC(NC(=NC)NCc2ccn[nH]2)C1(CC)CC.I. The van der Waals surface area contributed by atoms with Crippen LogP contribution in [0.3, 0.4) is 0 Å². The monoisotopic (exact) mass is 435 g/mol. The minimum absolute atomic E-state index is 0. The number of hydrogen-bond acceptors (Lipinski definition) is 3. The predicted molar refractivity (Wildman–Crippen MR) is 104 cm³/mol. The van der Waals surface area contributed by atoms with Gasteiger partial charge in [-0.05, 0) is 32.3 Å². The zero-order valence-corrected chi connectivity index (χ0v) is 16.9. The zero-order chi connectivity index (χ0) is 16.0. The second-order valence-electron chi connectivity index (χ2n) is 5.82. The quantitative estimate of drug-likeness (QED) is 0.350. The van der Waals surface area contributed by atoms with Crippen LogP contribution in [0.1, 0.15) is 45.7 Å². The summed E-state index contributed by atoms with van der Waals surface area (Å²) in [7, 11) is 1.81. The lowest BCUT2D eigenvalue weighted by atomic mass is 9.58. The molecule has 1 aromatic heterocycles. The third kappa shape index (κ3) is 4.37. The molecule has 2 atom stereocenters. The molecule has 1 aliphatic rings. The van der Waals surface area contributed by atoms with E-state index in [-0.39, 0.29) is 29.4 Å². The van der Waals surface area contributed by atoms with E-state index in [1.807, 2.05) is 6.07 Å². The van der Waals surface area contributed by atoms with Crippen LogP contribution < -0.4 is 10.6 Å². The molecule has 7 heteroatoms. The number of aromatic nitrogens is 2. The van der Waals surface area contributed by atoms with E-state index in [1.165, 1.54) is 0 Å². The van der Waals surface area contributed by atoms with Gasteiger partial charge in [-0.1, -0.05) is 13.8 Å². The van der Waals surface area contributed by atoms with Gasteiger partial charge >= 0.3 is 0 Å². The Hall–Kier alpha value is -0.830. The van der Waals surface area contributed by atoms with E-state index in [1.54, 1.807) is 13.2 Å². The Kier molecular flexibility index (Phi) is 8.32. The largest absolute Gasteiger partial charge is 0.378 e. The topological polar surface area (TPSA) is 74.3 Å². The van der Waals surface area contributed by atoms with Crippen molar-refractivity contribution in [2.24, 2.45) is 10.4 Å². The molecule has 1 saturated carbocycles. The van der Waals surface area contributed by atoms with E-state index in [0.29, 0.717) is 18.7 Å². The van der Waals surface area contributed by atoms with Crippen LogP contribution in [0.2, 0.25) is 0 Å². The fourth-order valence-corrected chi connectivity index (χ4v) is 3.51. The number of aliphatic imine (C=N–C) groups is 1. The van der Waals surface area contributed by atoms with Crippen molar-refractivity contribution in [1.82, 2.24) is 20.8 Å². The minimum atomic E-state index is 0. The number of nitrogens with one attached hydrogen (secondary N) is 3. The van der Waals surface area contributed by atoms with Crippen molar-refractivity contribution < 1.29 is 4.74 Å². The van der Waals surface area contributed by atoms with Crippen LogP contribution in [0.25, 0.3) is 0 Å². The van der Waals surface area contributed by atoms with Crippen molar-refractivity contribution in [3.63, 3.8) is 0 Å². The maximum Gasteiger partial charge on any atom is 0.191 e. The number of ether oxygens (including phenoxy) is 1. The summed E-state index contributed by atoms with van der Waals surface area (Å²) in [6.07, 6.45) is 5.38. The van der Waals surface area contributed by atoms with Crippen LogP contribution in [0, 0.1) is 5.41 Å². The summed E-state index contributed by atoms with van der Waals surface area (Å²) >= 11 is 0. The van der Waals surface area contributed by atoms with Crippen LogP contribution in [-0.2, 0) is 11.3 Å². The lowest BCUT2D eigenvalue weighted by Gasteiger charge is -2.55. The van der Waals surface area contributed by atoms with Crippen molar-refractivity contribution in [2.45, 2.75) is 58.7 Å². The standard InChI is InChI=1S/C16H29N5O.HI/c1-5-16(6-2)13(10-14(16)22-7-3)20-15(17-4)18-11-12-8-9-19-21-12;/h8-9,13-14H,5-7,10-11H2,1-4H3,(H,19,21)(H2,17,18,20);1H. The number of hydrogen-bond donors (Lipinski definition) is 3. The van der Waals surface area contributed by atoms with E-state index in [0.717, 1.165) is 37.5 Å². The molecule has 23 heavy (non-hydrogen) atoms. The van der Waals surface area contributed by atoms with Crippen molar-refractivity contribution in [1.29, 1.82) is 0 Å². The molecule has 2 rings (SSSR count). The van der Waals surface area contributed by atoms with Crippen molar-refractivity contribution in [3.8, 4) is 0 Å². The van der Waals surface area contributed by atoms with E-state index in [4.69, 9.17) is 4.74 Å². The highest BCUT2D eigenvalue weighted by Crippen LogP contribution is 2.48. The summed E-state index contributed by atoms with van der Waals surface area (Å²) in [4.78, 5) is 4.33. The van der Waals surface area contributed by atoms with Gasteiger partial charge in [0.2, 0.25) is 0 Å². The average Bonchev–Trinajstić information content (AvgIpc) is 3.04. The number of rotatable bonds is 7. The molecule has 0 amide bonds. The van der Waals surface area contributed by atoms with Gasteiger partial charge in [-0.3, -0.25) is 10.1 Å². The Balaban J connectivity index is 0.00000264. The molecule has 0 aliphatic heterocycles. The fraction of sp³-hybridized carbons (Fsp3) is 0.750. The first-order chi connectivity index (χ1) is 10.7. The molecular weight excluding hydrogens is 405 g/mol.